The van der Waals surface area contributed by atoms with Crippen molar-refractivity contribution < 1.29 is 17.9 Å². The number of hydrogen-bond acceptors (Lipinski definition) is 5. The third kappa shape index (κ3) is 5.79. The number of carbonyl (C=O) groups is 1. The molecule has 0 aliphatic carbocycles. The number of benzene rings is 2. The van der Waals surface area contributed by atoms with E-state index in [4.69, 9.17) is 4.74 Å². The topological polar surface area (TPSA) is 87.7 Å². The quantitative estimate of drug-likeness (QED) is 0.623. The Hall–Kier alpha value is -2.42. The molecule has 1 amide bonds. The van der Waals surface area contributed by atoms with Crippen LogP contribution in [0.5, 0.6) is 0 Å². The Morgan fingerprint density at radius 3 is 2.57 bits per heavy atom. The SMILES string of the molecule is COCCNS(=O)(=O)c1ccc(C)c(C(=O)NCc2cccc(N(C)C)c2)c1. The van der Waals surface area contributed by atoms with E-state index in [0.29, 0.717) is 17.7 Å². The van der Waals surface area contributed by atoms with E-state index >= 15 is 0 Å². The van der Waals surface area contributed by atoms with Gasteiger partial charge in [0.15, 0.2) is 0 Å². The Morgan fingerprint density at radius 1 is 1.14 bits per heavy atom. The summed E-state index contributed by atoms with van der Waals surface area (Å²) in [4.78, 5) is 14.7. The summed E-state index contributed by atoms with van der Waals surface area (Å²) in [5.41, 5.74) is 3.04. The van der Waals surface area contributed by atoms with Crippen LogP contribution in [-0.2, 0) is 21.3 Å². The van der Waals surface area contributed by atoms with Crippen LogP contribution in [0.15, 0.2) is 47.4 Å². The number of methoxy groups -OCH3 is 1. The van der Waals surface area contributed by atoms with Crippen LogP contribution in [0.2, 0.25) is 0 Å². The largest absolute Gasteiger partial charge is 0.383 e. The average Bonchev–Trinajstić information content (AvgIpc) is 2.66. The van der Waals surface area contributed by atoms with Crippen molar-refractivity contribution in [3.8, 4) is 0 Å². The molecule has 0 saturated carbocycles. The second kappa shape index (κ2) is 9.68. The molecule has 0 aromatic heterocycles. The summed E-state index contributed by atoms with van der Waals surface area (Å²) in [5.74, 6) is -0.318. The van der Waals surface area contributed by atoms with Crippen molar-refractivity contribution in [3.63, 3.8) is 0 Å². The van der Waals surface area contributed by atoms with Crippen LogP contribution in [0, 0.1) is 6.92 Å². The monoisotopic (exact) mass is 405 g/mol. The molecule has 0 radical (unpaired) electrons. The van der Waals surface area contributed by atoms with E-state index < -0.39 is 10.0 Å². The molecule has 0 aliphatic rings. The van der Waals surface area contributed by atoms with Crippen molar-refractivity contribution in [2.45, 2.75) is 18.4 Å². The Balaban J connectivity index is 2.14. The predicted octanol–water partition coefficient (Wildman–Crippen LogP) is 1.92. The Bertz CT molecular complexity index is 927. The maximum atomic E-state index is 12.6. The van der Waals surface area contributed by atoms with E-state index in [2.05, 4.69) is 10.0 Å². The Morgan fingerprint density at radius 2 is 1.89 bits per heavy atom. The van der Waals surface area contributed by atoms with E-state index in [1.165, 1.54) is 19.2 Å². The molecule has 8 heteroatoms. The number of nitrogens with zero attached hydrogens (tertiary/aromatic N) is 1. The molecule has 2 aromatic carbocycles. The lowest BCUT2D eigenvalue weighted by molar-refractivity contribution is 0.0950. The molecule has 152 valence electrons. The van der Waals surface area contributed by atoms with Crippen molar-refractivity contribution in [1.29, 1.82) is 0 Å². The van der Waals surface area contributed by atoms with Crippen LogP contribution in [-0.4, -0.2) is 48.7 Å². The second-order valence-electron chi connectivity index (χ2n) is 6.61. The number of hydrogen-bond donors (Lipinski definition) is 2. The van der Waals surface area contributed by atoms with Crippen LogP contribution < -0.4 is 14.9 Å². The standard InChI is InChI=1S/C20H27N3O4S/c1-15-8-9-18(28(25,26)22-10-11-27-4)13-19(15)20(24)21-14-16-6-5-7-17(12-16)23(2)3/h5-9,12-13,22H,10-11,14H2,1-4H3,(H,21,24). The highest BCUT2D eigenvalue weighted by Crippen LogP contribution is 2.17. The van der Waals surface area contributed by atoms with Gasteiger partial charge in [-0.1, -0.05) is 18.2 Å². The van der Waals surface area contributed by atoms with Crippen molar-refractivity contribution >= 4 is 21.6 Å². The first-order valence-electron chi connectivity index (χ1n) is 8.88. The molecule has 2 aromatic rings. The number of rotatable bonds is 9. The Labute approximate surface area is 166 Å². The van der Waals surface area contributed by atoms with Gasteiger partial charge in [-0.3, -0.25) is 4.79 Å². The summed E-state index contributed by atoms with van der Waals surface area (Å²) in [6.45, 7) is 2.56. The number of carbonyl (C=O) groups excluding carboxylic acids is 1. The number of nitrogens with one attached hydrogen (secondary N) is 2. The fourth-order valence-electron chi connectivity index (χ4n) is 2.60. The van der Waals surface area contributed by atoms with Gasteiger partial charge in [0, 0.05) is 45.5 Å². The van der Waals surface area contributed by atoms with Crippen molar-refractivity contribution in [3.05, 3.63) is 59.2 Å². The van der Waals surface area contributed by atoms with E-state index in [1.54, 1.807) is 13.0 Å². The smallest absolute Gasteiger partial charge is 0.251 e. The van der Waals surface area contributed by atoms with E-state index in [1.807, 2.05) is 43.3 Å². The van der Waals surface area contributed by atoms with Crippen molar-refractivity contribution in [2.24, 2.45) is 0 Å². The third-order valence-electron chi connectivity index (χ3n) is 4.24. The molecule has 0 fully saturated rings. The lowest BCUT2D eigenvalue weighted by Crippen LogP contribution is -2.28. The lowest BCUT2D eigenvalue weighted by Gasteiger charge is -2.14. The molecule has 0 heterocycles. The molecule has 0 unspecified atom stereocenters. The first-order valence-corrected chi connectivity index (χ1v) is 10.4. The highest BCUT2D eigenvalue weighted by molar-refractivity contribution is 7.89. The van der Waals surface area contributed by atoms with Gasteiger partial charge in [-0.25, -0.2) is 13.1 Å². The number of amides is 1. The molecular weight excluding hydrogens is 378 g/mol. The first kappa shape index (κ1) is 21.9. The van der Waals surface area contributed by atoms with Gasteiger partial charge < -0.3 is 15.0 Å². The van der Waals surface area contributed by atoms with E-state index in [-0.39, 0.29) is 24.0 Å². The highest BCUT2D eigenvalue weighted by atomic mass is 32.2. The summed E-state index contributed by atoms with van der Waals surface area (Å²) in [6, 6.07) is 12.4. The molecular formula is C20H27N3O4S. The van der Waals surface area contributed by atoms with Crippen molar-refractivity contribution in [2.75, 3.05) is 39.3 Å². The van der Waals surface area contributed by atoms with Crippen LogP contribution in [0.1, 0.15) is 21.5 Å². The van der Waals surface area contributed by atoms with Gasteiger partial charge in [-0.05, 0) is 42.3 Å². The van der Waals surface area contributed by atoms with Crippen molar-refractivity contribution in [1.82, 2.24) is 10.0 Å². The highest BCUT2D eigenvalue weighted by Gasteiger charge is 2.17. The Kier molecular flexibility index (Phi) is 7.56. The fourth-order valence-corrected chi connectivity index (χ4v) is 3.64. The average molecular weight is 406 g/mol. The molecule has 7 nitrogen and oxygen atoms in total. The van der Waals surface area contributed by atoms with Crippen LogP contribution in [0.3, 0.4) is 0 Å². The zero-order valence-electron chi connectivity index (χ0n) is 16.7. The van der Waals surface area contributed by atoms with Gasteiger partial charge in [-0.2, -0.15) is 0 Å². The van der Waals surface area contributed by atoms with Gasteiger partial charge in [0.25, 0.3) is 5.91 Å². The molecule has 0 aliphatic heterocycles. The second-order valence-corrected chi connectivity index (χ2v) is 8.38. The number of sulfonamides is 1. The number of anilines is 1. The fraction of sp³-hybridized carbons (Fsp3) is 0.350. The molecule has 2 rings (SSSR count). The maximum Gasteiger partial charge on any atom is 0.251 e. The third-order valence-corrected chi connectivity index (χ3v) is 5.70. The number of aryl methyl sites for hydroxylation is 1. The van der Waals surface area contributed by atoms with E-state index in [9.17, 15) is 13.2 Å². The maximum absolute atomic E-state index is 12.6. The van der Waals surface area contributed by atoms with Gasteiger partial charge >= 0.3 is 0 Å². The summed E-state index contributed by atoms with van der Waals surface area (Å²) in [7, 11) is 1.70. The van der Waals surface area contributed by atoms with Crippen LogP contribution >= 0.6 is 0 Å². The van der Waals surface area contributed by atoms with Crippen LogP contribution in [0.4, 0.5) is 5.69 Å². The zero-order chi connectivity index (χ0) is 20.7. The minimum atomic E-state index is -3.70. The minimum absolute atomic E-state index is 0.0500. The normalized spacial score (nSPS) is 11.3. The van der Waals surface area contributed by atoms with Gasteiger partial charge in [-0.15, -0.1) is 0 Å². The van der Waals surface area contributed by atoms with E-state index in [0.717, 1.165) is 11.3 Å². The molecule has 2 N–H and O–H groups in total. The van der Waals surface area contributed by atoms with Crippen LogP contribution in [0.25, 0.3) is 0 Å². The lowest BCUT2D eigenvalue weighted by atomic mass is 10.1. The molecule has 0 atom stereocenters. The molecule has 0 bridgehead atoms. The summed E-state index contributed by atoms with van der Waals surface area (Å²) in [6.07, 6.45) is 0. The number of ether oxygens (including phenoxy) is 1. The molecule has 28 heavy (non-hydrogen) atoms. The zero-order valence-corrected chi connectivity index (χ0v) is 17.5. The van der Waals surface area contributed by atoms with Gasteiger partial charge in [0.2, 0.25) is 10.0 Å². The van der Waals surface area contributed by atoms with Gasteiger partial charge in [0.05, 0.1) is 11.5 Å². The summed E-state index contributed by atoms with van der Waals surface area (Å²) in [5, 5.41) is 2.86. The summed E-state index contributed by atoms with van der Waals surface area (Å²) >= 11 is 0. The predicted molar refractivity (Wildman–Crippen MR) is 110 cm³/mol. The molecule has 0 spiro atoms. The van der Waals surface area contributed by atoms with Gasteiger partial charge in [0.1, 0.15) is 0 Å². The first-order chi connectivity index (χ1) is 13.2. The molecule has 0 saturated heterocycles. The summed E-state index contributed by atoms with van der Waals surface area (Å²) < 4.78 is 32.0. The minimum Gasteiger partial charge on any atom is -0.383 e.